The van der Waals surface area contributed by atoms with E-state index in [2.05, 4.69) is 19.0 Å². The molecule has 2 rings (SSSR count). The maximum Gasteiger partial charge on any atom is 0.142 e. The molecule has 1 heterocycles. The molecule has 0 spiro atoms. The van der Waals surface area contributed by atoms with E-state index < -0.39 is 0 Å². The quantitative estimate of drug-likeness (QED) is 0.639. The van der Waals surface area contributed by atoms with E-state index in [1.54, 1.807) is 0 Å². The highest BCUT2D eigenvalue weighted by Gasteiger charge is 2.20. The minimum absolute atomic E-state index is 0.486. The summed E-state index contributed by atoms with van der Waals surface area (Å²) in [7, 11) is 0. The Morgan fingerprint density at radius 3 is 2.75 bits per heavy atom. The van der Waals surface area contributed by atoms with Gasteiger partial charge in [-0.05, 0) is 25.7 Å². The van der Waals surface area contributed by atoms with E-state index in [0.717, 1.165) is 12.2 Å². The van der Waals surface area contributed by atoms with Crippen molar-refractivity contribution in [1.29, 1.82) is 0 Å². The monoisotopic (exact) mass is 165 g/mol. The molecule has 66 valence electrons. The minimum Gasteiger partial charge on any atom is -0.361 e. The van der Waals surface area contributed by atoms with E-state index in [9.17, 15) is 0 Å². The van der Waals surface area contributed by atoms with Crippen LogP contribution < -0.4 is 0 Å². The second-order valence-electron chi connectivity index (χ2n) is 3.83. The summed E-state index contributed by atoms with van der Waals surface area (Å²) >= 11 is 0. The SMILES string of the molecule is CC(C)c1onc2c1CCCC2. The predicted molar refractivity (Wildman–Crippen MR) is 47.2 cm³/mol. The number of hydrogen-bond donors (Lipinski definition) is 0. The van der Waals surface area contributed by atoms with Gasteiger partial charge in [-0.1, -0.05) is 19.0 Å². The molecule has 0 saturated heterocycles. The fourth-order valence-electron chi connectivity index (χ4n) is 1.87. The first-order valence-corrected chi connectivity index (χ1v) is 4.76. The Hall–Kier alpha value is -0.790. The van der Waals surface area contributed by atoms with Crippen LogP contribution in [0.3, 0.4) is 0 Å². The Morgan fingerprint density at radius 2 is 2.00 bits per heavy atom. The maximum atomic E-state index is 5.33. The van der Waals surface area contributed by atoms with Crippen LogP contribution >= 0.6 is 0 Å². The van der Waals surface area contributed by atoms with Gasteiger partial charge in [0.25, 0.3) is 0 Å². The average Bonchev–Trinajstić information content (AvgIpc) is 2.47. The van der Waals surface area contributed by atoms with Crippen molar-refractivity contribution in [3.63, 3.8) is 0 Å². The van der Waals surface area contributed by atoms with Crippen LogP contribution in [0.4, 0.5) is 0 Å². The highest BCUT2D eigenvalue weighted by molar-refractivity contribution is 5.27. The number of aryl methyl sites for hydroxylation is 1. The lowest BCUT2D eigenvalue weighted by molar-refractivity contribution is 0.365. The number of rotatable bonds is 1. The van der Waals surface area contributed by atoms with Gasteiger partial charge in [-0.15, -0.1) is 0 Å². The molecule has 0 radical (unpaired) electrons. The van der Waals surface area contributed by atoms with Crippen molar-refractivity contribution in [3.05, 3.63) is 17.0 Å². The molecule has 0 atom stereocenters. The molecule has 2 nitrogen and oxygen atoms in total. The maximum absolute atomic E-state index is 5.33. The van der Waals surface area contributed by atoms with Gasteiger partial charge in [-0.3, -0.25) is 0 Å². The van der Waals surface area contributed by atoms with Gasteiger partial charge < -0.3 is 4.52 Å². The summed E-state index contributed by atoms with van der Waals surface area (Å²) in [6.07, 6.45) is 4.86. The lowest BCUT2D eigenvalue weighted by atomic mass is 9.93. The summed E-state index contributed by atoms with van der Waals surface area (Å²) in [4.78, 5) is 0. The lowest BCUT2D eigenvalue weighted by Gasteiger charge is -2.10. The third-order valence-electron chi connectivity index (χ3n) is 2.51. The summed E-state index contributed by atoms with van der Waals surface area (Å²) < 4.78 is 5.33. The summed E-state index contributed by atoms with van der Waals surface area (Å²) in [5, 5.41) is 4.10. The normalized spacial score (nSPS) is 16.6. The second-order valence-corrected chi connectivity index (χ2v) is 3.83. The number of fused-ring (bicyclic) bond motifs is 1. The first-order chi connectivity index (χ1) is 5.79. The molecule has 2 heteroatoms. The van der Waals surface area contributed by atoms with Gasteiger partial charge in [0.2, 0.25) is 0 Å². The molecule has 1 aromatic rings. The van der Waals surface area contributed by atoms with Gasteiger partial charge in [0.05, 0.1) is 5.69 Å². The molecule has 12 heavy (non-hydrogen) atoms. The van der Waals surface area contributed by atoms with Crippen molar-refractivity contribution >= 4 is 0 Å². The van der Waals surface area contributed by atoms with Gasteiger partial charge in [-0.25, -0.2) is 0 Å². The van der Waals surface area contributed by atoms with Crippen LogP contribution in [0.15, 0.2) is 4.52 Å². The molecule has 1 aliphatic rings. The van der Waals surface area contributed by atoms with Gasteiger partial charge in [0.15, 0.2) is 0 Å². The Balaban J connectivity index is 2.38. The van der Waals surface area contributed by atoms with E-state index in [-0.39, 0.29) is 0 Å². The molecule has 0 N–H and O–H groups in total. The molecular weight excluding hydrogens is 150 g/mol. The van der Waals surface area contributed by atoms with Crippen LogP contribution in [0, 0.1) is 0 Å². The van der Waals surface area contributed by atoms with Crippen LogP contribution in [0.25, 0.3) is 0 Å². The van der Waals surface area contributed by atoms with Crippen molar-refractivity contribution in [3.8, 4) is 0 Å². The molecular formula is C10H15NO. The zero-order chi connectivity index (χ0) is 8.55. The van der Waals surface area contributed by atoms with Crippen molar-refractivity contribution in [2.75, 3.05) is 0 Å². The van der Waals surface area contributed by atoms with Crippen molar-refractivity contribution in [2.45, 2.75) is 45.4 Å². The fraction of sp³-hybridized carbons (Fsp3) is 0.700. The third kappa shape index (κ3) is 1.15. The number of nitrogens with zero attached hydrogens (tertiary/aromatic N) is 1. The molecule has 0 bridgehead atoms. The van der Waals surface area contributed by atoms with Gasteiger partial charge in [0.1, 0.15) is 5.76 Å². The lowest BCUT2D eigenvalue weighted by Crippen LogP contribution is -2.02. The van der Waals surface area contributed by atoms with Crippen LogP contribution in [0.1, 0.15) is 49.6 Å². The Kier molecular flexibility index (Phi) is 1.91. The summed E-state index contributed by atoms with van der Waals surface area (Å²) in [5.41, 5.74) is 2.61. The highest BCUT2D eigenvalue weighted by Crippen LogP contribution is 2.28. The van der Waals surface area contributed by atoms with Crippen LogP contribution in [0.5, 0.6) is 0 Å². The first-order valence-electron chi connectivity index (χ1n) is 4.76. The Morgan fingerprint density at radius 1 is 1.25 bits per heavy atom. The van der Waals surface area contributed by atoms with Crippen molar-refractivity contribution in [2.24, 2.45) is 0 Å². The van der Waals surface area contributed by atoms with Gasteiger partial charge in [0, 0.05) is 11.5 Å². The highest BCUT2D eigenvalue weighted by atomic mass is 16.5. The van der Waals surface area contributed by atoms with Crippen LogP contribution in [0.2, 0.25) is 0 Å². The fourth-order valence-corrected chi connectivity index (χ4v) is 1.87. The Labute approximate surface area is 72.9 Å². The average molecular weight is 165 g/mol. The molecule has 0 unspecified atom stereocenters. The van der Waals surface area contributed by atoms with E-state index in [0.29, 0.717) is 5.92 Å². The molecule has 0 fully saturated rings. The number of hydrogen-bond acceptors (Lipinski definition) is 2. The van der Waals surface area contributed by atoms with Gasteiger partial charge in [-0.2, -0.15) is 0 Å². The molecule has 0 aromatic carbocycles. The van der Waals surface area contributed by atoms with E-state index in [4.69, 9.17) is 4.52 Å². The zero-order valence-corrected chi connectivity index (χ0v) is 7.76. The summed E-state index contributed by atoms with van der Waals surface area (Å²) in [5.74, 6) is 1.60. The topological polar surface area (TPSA) is 26.0 Å². The zero-order valence-electron chi connectivity index (χ0n) is 7.76. The minimum atomic E-state index is 0.486. The predicted octanol–water partition coefficient (Wildman–Crippen LogP) is 2.68. The summed E-state index contributed by atoms with van der Waals surface area (Å²) in [6.45, 7) is 4.32. The van der Waals surface area contributed by atoms with Gasteiger partial charge >= 0.3 is 0 Å². The molecule has 1 aromatic heterocycles. The summed E-state index contributed by atoms with van der Waals surface area (Å²) in [6, 6.07) is 0. The molecule has 1 aliphatic carbocycles. The first kappa shape index (κ1) is 7.84. The largest absolute Gasteiger partial charge is 0.361 e. The number of aromatic nitrogens is 1. The van der Waals surface area contributed by atoms with Crippen molar-refractivity contribution < 1.29 is 4.52 Å². The van der Waals surface area contributed by atoms with Crippen molar-refractivity contribution in [1.82, 2.24) is 5.16 Å². The standard InChI is InChI=1S/C10H15NO/c1-7(2)10-8-5-3-4-6-9(8)11-12-10/h7H,3-6H2,1-2H3. The van der Waals surface area contributed by atoms with E-state index >= 15 is 0 Å². The third-order valence-corrected chi connectivity index (χ3v) is 2.51. The Bertz CT molecular complexity index is 275. The van der Waals surface area contributed by atoms with Crippen LogP contribution in [-0.4, -0.2) is 5.16 Å². The van der Waals surface area contributed by atoms with Crippen LogP contribution in [-0.2, 0) is 12.8 Å². The second kappa shape index (κ2) is 2.92. The molecule has 0 saturated carbocycles. The van der Waals surface area contributed by atoms with E-state index in [1.165, 1.54) is 30.5 Å². The molecule has 0 aliphatic heterocycles. The van der Waals surface area contributed by atoms with E-state index in [1.807, 2.05) is 0 Å². The smallest absolute Gasteiger partial charge is 0.142 e. The molecule has 0 amide bonds.